The molecule has 0 radical (unpaired) electrons. The zero-order chi connectivity index (χ0) is 20.5. The molecule has 1 heterocycles. The van der Waals surface area contributed by atoms with Crippen LogP contribution in [0.25, 0.3) is 0 Å². The van der Waals surface area contributed by atoms with Crippen LogP contribution in [0.15, 0.2) is 72.4 Å². The molecule has 0 N–H and O–H groups in total. The minimum atomic E-state index is 0.0878. The van der Waals surface area contributed by atoms with E-state index in [1.54, 1.807) is 7.11 Å². The number of carbonyl (C=O) groups is 1. The van der Waals surface area contributed by atoms with Gasteiger partial charge in [0.2, 0.25) is 0 Å². The van der Waals surface area contributed by atoms with E-state index in [9.17, 15) is 4.79 Å². The molecule has 5 nitrogen and oxygen atoms in total. The Morgan fingerprint density at radius 3 is 2.55 bits per heavy atom. The Morgan fingerprint density at radius 2 is 1.86 bits per heavy atom. The Labute approximate surface area is 175 Å². The zero-order valence-electron chi connectivity index (χ0n) is 16.6. The highest BCUT2D eigenvalue weighted by molar-refractivity contribution is 7.99. The van der Waals surface area contributed by atoms with E-state index in [0.717, 1.165) is 41.6 Å². The summed E-state index contributed by atoms with van der Waals surface area (Å²) in [5.41, 5.74) is 1.98. The smallest absolute Gasteiger partial charge is 0.191 e. The SMILES string of the molecule is C=CCn1c(CCCc2ccc(OC)cc2)nnc1SCC(=O)c1ccccc1. The summed E-state index contributed by atoms with van der Waals surface area (Å²) in [4.78, 5) is 12.4. The van der Waals surface area contributed by atoms with Crippen molar-refractivity contribution < 1.29 is 9.53 Å². The first kappa shape index (κ1) is 20.9. The fraction of sp³-hybridized carbons (Fsp3) is 0.261. The Bertz CT molecular complexity index is 937. The Morgan fingerprint density at radius 1 is 1.10 bits per heavy atom. The number of allylic oxidation sites excluding steroid dienone is 1. The minimum Gasteiger partial charge on any atom is -0.497 e. The van der Waals surface area contributed by atoms with Gasteiger partial charge in [0.05, 0.1) is 12.9 Å². The highest BCUT2D eigenvalue weighted by atomic mass is 32.2. The van der Waals surface area contributed by atoms with Crippen molar-refractivity contribution in [3.05, 3.63) is 84.2 Å². The van der Waals surface area contributed by atoms with Crippen LogP contribution >= 0.6 is 11.8 Å². The summed E-state index contributed by atoms with van der Waals surface area (Å²) in [5.74, 6) is 2.22. The predicted octanol–water partition coefficient (Wildman–Crippen LogP) is 4.62. The van der Waals surface area contributed by atoms with Gasteiger partial charge in [0, 0.05) is 18.5 Å². The van der Waals surface area contributed by atoms with Crippen LogP contribution in [-0.2, 0) is 19.4 Å². The summed E-state index contributed by atoms with van der Waals surface area (Å²) < 4.78 is 7.24. The van der Waals surface area contributed by atoms with E-state index in [1.807, 2.05) is 53.1 Å². The summed E-state index contributed by atoms with van der Waals surface area (Å²) in [7, 11) is 1.67. The molecular weight excluding hydrogens is 382 g/mol. The Hall–Kier alpha value is -2.86. The molecule has 2 aromatic carbocycles. The average Bonchev–Trinajstić information content (AvgIpc) is 3.15. The van der Waals surface area contributed by atoms with Crippen LogP contribution in [0.4, 0.5) is 0 Å². The molecule has 0 saturated carbocycles. The molecule has 0 aliphatic rings. The van der Waals surface area contributed by atoms with E-state index in [1.165, 1.54) is 17.3 Å². The number of Topliss-reactive ketones (excluding diaryl/α,β-unsaturated/α-hetero) is 1. The summed E-state index contributed by atoms with van der Waals surface area (Å²) in [6.07, 6.45) is 4.58. The van der Waals surface area contributed by atoms with Crippen molar-refractivity contribution in [2.75, 3.05) is 12.9 Å². The molecule has 6 heteroatoms. The second-order valence-corrected chi connectivity index (χ2v) is 7.52. The maximum absolute atomic E-state index is 12.4. The number of benzene rings is 2. The molecule has 3 aromatic rings. The third-order valence-corrected chi connectivity index (χ3v) is 5.52. The van der Waals surface area contributed by atoms with Crippen LogP contribution < -0.4 is 4.74 Å². The molecule has 0 bridgehead atoms. The highest BCUT2D eigenvalue weighted by Crippen LogP contribution is 2.20. The number of ether oxygens (including phenoxy) is 1. The minimum absolute atomic E-state index is 0.0878. The first-order chi connectivity index (χ1) is 14.2. The van der Waals surface area contributed by atoms with Crippen molar-refractivity contribution in [3.8, 4) is 5.75 Å². The monoisotopic (exact) mass is 407 g/mol. The van der Waals surface area contributed by atoms with Gasteiger partial charge in [0.15, 0.2) is 10.9 Å². The largest absolute Gasteiger partial charge is 0.497 e. The van der Waals surface area contributed by atoms with Crippen molar-refractivity contribution in [2.24, 2.45) is 0 Å². The number of hydrogen-bond acceptors (Lipinski definition) is 5. The summed E-state index contributed by atoms with van der Waals surface area (Å²) in [6.45, 7) is 4.47. The summed E-state index contributed by atoms with van der Waals surface area (Å²) in [5, 5.41) is 9.42. The van der Waals surface area contributed by atoms with Crippen molar-refractivity contribution >= 4 is 17.5 Å². The van der Waals surface area contributed by atoms with Crippen LogP contribution in [0.2, 0.25) is 0 Å². The van der Waals surface area contributed by atoms with Gasteiger partial charge < -0.3 is 9.30 Å². The van der Waals surface area contributed by atoms with Crippen LogP contribution in [-0.4, -0.2) is 33.4 Å². The number of ketones is 1. The highest BCUT2D eigenvalue weighted by Gasteiger charge is 2.14. The summed E-state index contributed by atoms with van der Waals surface area (Å²) >= 11 is 1.42. The van der Waals surface area contributed by atoms with Crippen LogP contribution in [0, 0.1) is 0 Å². The molecular formula is C23H25N3O2S. The lowest BCUT2D eigenvalue weighted by Crippen LogP contribution is -2.07. The molecule has 3 rings (SSSR count). The van der Waals surface area contributed by atoms with E-state index in [0.29, 0.717) is 12.3 Å². The molecule has 0 aliphatic carbocycles. The van der Waals surface area contributed by atoms with Crippen LogP contribution in [0.5, 0.6) is 5.75 Å². The molecule has 0 aliphatic heterocycles. The van der Waals surface area contributed by atoms with Gasteiger partial charge in [0.1, 0.15) is 11.6 Å². The fourth-order valence-corrected chi connectivity index (χ4v) is 3.86. The van der Waals surface area contributed by atoms with E-state index in [2.05, 4.69) is 28.9 Å². The normalized spacial score (nSPS) is 10.7. The van der Waals surface area contributed by atoms with Crippen molar-refractivity contribution in [1.82, 2.24) is 14.8 Å². The number of aromatic nitrogens is 3. The van der Waals surface area contributed by atoms with Gasteiger partial charge in [-0.05, 0) is 30.5 Å². The number of nitrogens with zero attached hydrogens (tertiary/aromatic N) is 3. The third-order valence-electron chi connectivity index (χ3n) is 4.56. The van der Waals surface area contributed by atoms with E-state index in [4.69, 9.17) is 4.74 Å². The lowest BCUT2D eigenvalue weighted by Gasteiger charge is -2.08. The second kappa shape index (κ2) is 10.6. The quantitative estimate of drug-likeness (QED) is 0.264. The van der Waals surface area contributed by atoms with Gasteiger partial charge in [0.25, 0.3) is 0 Å². The molecule has 0 spiro atoms. The number of methoxy groups -OCH3 is 1. The summed E-state index contributed by atoms with van der Waals surface area (Å²) in [6, 6.07) is 17.5. The van der Waals surface area contributed by atoms with Gasteiger partial charge in [-0.2, -0.15) is 0 Å². The number of thioether (sulfide) groups is 1. The van der Waals surface area contributed by atoms with Crippen LogP contribution in [0.1, 0.15) is 28.2 Å². The molecule has 0 amide bonds. The van der Waals surface area contributed by atoms with Crippen molar-refractivity contribution in [1.29, 1.82) is 0 Å². The topological polar surface area (TPSA) is 57.0 Å². The lowest BCUT2D eigenvalue weighted by molar-refractivity contribution is 0.102. The Kier molecular flexibility index (Phi) is 7.64. The molecule has 150 valence electrons. The van der Waals surface area contributed by atoms with Crippen LogP contribution in [0.3, 0.4) is 0 Å². The third kappa shape index (κ3) is 5.81. The number of hydrogen-bond donors (Lipinski definition) is 0. The molecule has 0 saturated heterocycles. The fourth-order valence-electron chi connectivity index (χ4n) is 3.00. The van der Waals surface area contributed by atoms with Gasteiger partial charge in [-0.3, -0.25) is 4.79 Å². The van der Waals surface area contributed by atoms with E-state index in [-0.39, 0.29) is 5.78 Å². The van der Waals surface area contributed by atoms with Gasteiger partial charge in [-0.15, -0.1) is 16.8 Å². The first-order valence-electron chi connectivity index (χ1n) is 9.58. The van der Waals surface area contributed by atoms with Crippen molar-refractivity contribution in [2.45, 2.75) is 31.0 Å². The molecule has 0 unspecified atom stereocenters. The van der Waals surface area contributed by atoms with Crippen molar-refractivity contribution in [3.63, 3.8) is 0 Å². The van der Waals surface area contributed by atoms with Gasteiger partial charge in [-0.1, -0.05) is 60.3 Å². The van der Waals surface area contributed by atoms with E-state index < -0.39 is 0 Å². The predicted molar refractivity (Wildman–Crippen MR) is 117 cm³/mol. The first-order valence-corrected chi connectivity index (χ1v) is 10.6. The maximum atomic E-state index is 12.4. The molecule has 0 fully saturated rings. The Balaban J connectivity index is 1.58. The number of rotatable bonds is 11. The number of carbonyl (C=O) groups excluding carboxylic acids is 1. The van der Waals surface area contributed by atoms with E-state index >= 15 is 0 Å². The standard InChI is InChI=1S/C23H25N3O2S/c1-3-16-26-22(11-7-8-18-12-14-20(28-2)15-13-18)24-25-23(26)29-17-21(27)19-9-5-4-6-10-19/h3-6,9-10,12-15H,1,7-8,11,16-17H2,2H3. The average molecular weight is 408 g/mol. The lowest BCUT2D eigenvalue weighted by atomic mass is 10.1. The molecule has 29 heavy (non-hydrogen) atoms. The van der Waals surface area contributed by atoms with Gasteiger partial charge in [-0.25, -0.2) is 0 Å². The number of aryl methyl sites for hydroxylation is 2. The zero-order valence-corrected chi connectivity index (χ0v) is 17.4. The maximum Gasteiger partial charge on any atom is 0.191 e. The molecule has 0 atom stereocenters. The molecule has 1 aromatic heterocycles. The second-order valence-electron chi connectivity index (χ2n) is 6.58. The van der Waals surface area contributed by atoms with Gasteiger partial charge >= 0.3 is 0 Å².